The Balaban J connectivity index is 2.06. The van der Waals surface area contributed by atoms with E-state index < -0.39 is 0 Å². The van der Waals surface area contributed by atoms with E-state index in [1.807, 2.05) is 6.07 Å². The largest absolute Gasteiger partial charge is 0.389 e. The van der Waals surface area contributed by atoms with Gasteiger partial charge in [-0.3, -0.25) is 4.79 Å². The van der Waals surface area contributed by atoms with E-state index in [9.17, 15) is 4.79 Å². The molecule has 1 aliphatic rings. The van der Waals surface area contributed by atoms with E-state index in [-0.39, 0.29) is 17.0 Å². The second-order valence-corrected chi connectivity index (χ2v) is 5.80. The molecule has 3 N–H and O–H groups in total. The SMILES string of the molecule is NC(=S)c1ccc(Br)cc1NC(=O)CC1CCCO1. The predicted molar refractivity (Wildman–Crippen MR) is 82.3 cm³/mol. The quantitative estimate of drug-likeness (QED) is 0.825. The average molecular weight is 343 g/mol. The van der Waals surface area contributed by atoms with E-state index in [0.717, 1.165) is 23.9 Å². The maximum atomic E-state index is 12.0. The van der Waals surface area contributed by atoms with Crippen molar-refractivity contribution in [1.29, 1.82) is 0 Å². The van der Waals surface area contributed by atoms with Crippen molar-refractivity contribution in [3.05, 3.63) is 28.2 Å². The lowest BCUT2D eigenvalue weighted by atomic mass is 10.1. The minimum Gasteiger partial charge on any atom is -0.389 e. The predicted octanol–water partition coefficient (Wildman–Crippen LogP) is 2.59. The van der Waals surface area contributed by atoms with Crippen LogP contribution >= 0.6 is 28.1 Å². The fraction of sp³-hybridized carbons (Fsp3) is 0.385. The van der Waals surface area contributed by atoms with Crippen molar-refractivity contribution in [2.24, 2.45) is 5.73 Å². The van der Waals surface area contributed by atoms with Crippen molar-refractivity contribution in [2.45, 2.75) is 25.4 Å². The van der Waals surface area contributed by atoms with Crippen molar-refractivity contribution in [3.63, 3.8) is 0 Å². The molecule has 1 fully saturated rings. The summed E-state index contributed by atoms with van der Waals surface area (Å²) >= 11 is 8.34. The van der Waals surface area contributed by atoms with Gasteiger partial charge in [0.25, 0.3) is 0 Å². The van der Waals surface area contributed by atoms with Gasteiger partial charge in [0.15, 0.2) is 0 Å². The zero-order valence-electron chi connectivity index (χ0n) is 10.3. The first-order valence-corrected chi connectivity index (χ1v) is 7.27. The van der Waals surface area contributed by atoms with Crippen LogP contribution in [0.1, 0.15) is 24.8 Å². The highest BCUT2D eigenvalue weighted by molar-refractivity contribution is 9.10. The summed E-state index contributed by atoms with van der Waals surface area (Å²) in [5, 5.41) is 2.84. The van der Waals surface area contributed by atoms with Crippen LogP contribution in [0.25, 0.3) is 0 Å². The van der Waals surface area contributed by atoms with Crippen LogP contribution in [0.4, 0.5) is 5.69 Å². The molecule has 0 bridgehead atoms. The van der Waals surface area contributed by atoms with Crippen molar-refractivity contribution in [3.8, 4) is 0 Å². The third-order valence-electron chi connectivity index (χ3n) is 2.96. The van der Waals surface area contributed by atoms with Gasteiger partial charge in [-0.05, 0) is 31.0 Å². The van der Waals surface area contributed by atoms with Crippen LogP contribution in [0.3, 0.4) is 0 Å². The summed E-state index contributed by atoms with van der Waals surface area (Å²) in [6.45, 7) is 0.743. The summed E-state index contributed by atoms with van der Waals surface area (Å²) < 4.78 is 6.30. The maximum absolute atomic E-state index is 12.0. The van der Waals surface area contributed by atoms with E-state index in [2.05, 4.69) is 21.2 Å². The number of amides is 1. The summed E-state index contributed by atoms with van der Waals surface area (Å²) in [6, 6.07) is 5.42. The summed E-state index contributed by atoms with van der Waals surface area (Å²) in [4.78, 5) is 12.2. The molecule has 1 heterocycles. The van der Waals surface area contributed by atoms with E-state index in [1.54, 1.807) is 12.1 Å². The van der Waals surface area contributed by atoms with Gasteiger partial charge >= 0.3 is 0 Å². The molecule has 1 aromatic rings. The number of ether oxygens (including phenoxy) is 1. The molecule has 19 heavy (non-hydrogen) atoms. The normalized spacial score (nSPS) is 18.3. The lowest BCUT2D eigenvalue weighted by Gasteiger charge is -2.13. The average Bonchev–Trinajstić information content (AvgIpc) is 2.81. The number of thiocarbonyl (C=S) groups is 1. The van der Waals surface area contributed by atoms with Crippen LogP contribution < -0.4 is 11.1 Å². The summed E-state index contributed by atoms with van der Waals surface area (Å²) in [5.41, 5.74) is 6.94. The molecule has 6 heteroatoms. The number of benzene rings is 1. The van der Waals surface area contributed by atoms with Crippen LogP contribution in [0.15, 0.2) is 22.7 Å². The van der Waals surface area contributed by atoms with E-state index >= 15 is 0 Å². The fourth-order valence-corrected chi connectivity index (χ4v) is 2.59. The number of anilines is 1. The van der Waals surface area contributed by atoms with Gasteiger partial charge in [0.1, 0.15) is 4.99 Å². The summed E-state index contributed by atoms with van der Waals surface area (Å²) in [5.74, 6) is -0.0810. The Hall–Kier alpha value is -0.980. The summed E-state index contributed by atoms with van der Waals surface area (Å²) in [7, 11) is 0. The Bertz CT molecular complexity index is 501. The van der Waals surface area contributed by atoms with Crippen LogP contribution in [0.2, 0.25) is 0 Å². The first-order valence-electron chi connectivity index (χ1n) is 6.07. The second-order valence-electron chi connectivity index (χ2n) is 4.44. The second kappa shape index (κ2) is 6.45. The fourth-order valence-electron chi connectivity index (χ4n) is 2.05. The molecule has 102 valence electrons. The highest BCUT2D eigenvalue weighted by Crippen LogP contribution is 2.23. The van der Waals surface area contributed by atoms with Gasteiger partial charge in [-0.15, -0.1) is 0 Å². The molecule has 0 aliphatic carbocycles. The standard InChI is InChI=1S/C13H15BrN2O2S/c14-8-3-4-10(13(15)19)11(6-8)16-12(17)7-9-2-1-5-18-9/h3-4,6,9H,1-2,5,7H2,(H2,15,19)(H,16,17). The topological polar surface area (TPSA) is 64.3 Å². The third-order valence-corrected chi connectivity index (χ3v) is 3.67. The minimum absolute atomic E-state index is 0.0282. The molecular formula is C13H15BrN2O2S. The number of halogens is 1. The molecular weight excluding hydrogens is 328 g/mol. The molecule has 0 spiro atoms. The Kier molecular flexibility index (Phi) is 4.90. The Morgan fingerprint density at radius 1 is 1.58 bits per heavy atom. The zero-order chi connectivity index (χ0) is 13.8. The number of carbonyl (C=O) groups excluding carboxylic acids is 1. The number of carbonyl (C=O) groups is 1. The van der Waals surface area contributed by atoms with Crippen molar-refractivity contribution < 1.29 is 9.53 Å². The monoisotopic (exact) mass is 342 g/mol. The van der Waals surface area contributed by atoms with E-state index in [4.69, 9.17) is 22.7 Å². The van der Waals surface area contributed by atoms with Crippen LogP contribution in [0, 0.1) is 0 Å². The maximum Gasteiger partial charge on any atom is 0.227 e. The highest BCUT2D eigenvalue weighted by Gasteiger charge is 2.19. The van der Waals surface area contributed by atoms with Crippen LogP contribution in [-0.2, 0) is 9.53 Å². The molecule has 1 aliphatic heterocycles. The molecule has 1 amide bonds. The third kappa shape index (κ3) is 3.99. The molecule has 4 nitrogen and oxygen atoms in total. The zero-order valence-corrected chi connectivity index (χ0v) is 12.7. The number of rotatable bonds is 4. The Morgan fingerprint density at radius 3 is 3.00 bits per heavy atom. The van der Waals surface area contributed by atoms with Crippen molar-refractivity contribution >= 4 is 44.7 Å². The molecule has 1 atom stereocenters. The molecule has 1 saturated heterocycles. The lowest BCUT2D eigenvalue weighted by Crippen LogP contribution is -2.21. The van der Waals surface area contributed by atoms with Crippen LogP contribution in [-0.4, -0.2) is 23.6 Å². The van der Waals surface area contributed by atoms with Gasteiger partial charge < -0.3 is 15.8 Å². The van der Waals surface area contributed by atoms with Gasteiger partial charge in [0, 0.05) is 16.6 Å². The minimum atomic E-state index is -0.0810. The molecule has 0 aromatic heterocycles. The highest BCUT2D eigenvalue weighted by atomic mass is 79.9. The molecule has 2 rings (SSSR count). The summed E-state index contributed by atoms with van der Waals surface area (Å²) in [6.07, 6.45) is 2.35. The molecule has 0 radical (unpaired) electrons. The Morgan fingerprint density at radius 2 is 2.37 bits per heavy atom. The number of hydrogen-bond acceptors (Lipinski definition) is 3. The Labute approximate surface area is 125 Å². The van der Waals surface area contributed by atoms with E-state index in [0.29, 0.717) is 17.7 Å². The van der Waals surface area contributed by atoms with Gasteiger partial charge in [-0.2, -0.15) is 0 Å². The van der Waals surface area contributed by atoms with Crippen LogP contribution in [0.5, 0.6) is 0 Å². The van der Waals surface area contributed by atoms with Crippen molar-refractivity contribution in [1.82, 2.24) is 0 Å². The number of nitrogens with two attached hydrogens (primary N) is 1. The van der Waals surface area contributed by atoms with Crippen molar-refractivity contribution in [2.75, 3.05) is 11.9 Å². The van der Waals surface area contributed by atoms with Gasteiger partial charge in [-0.1, -0.05) is 28.1 Å². The molecule has 0 saturated carbocycles. The van der Waals surface area contributed by atoms with Gasteiger partial charge in [0.2, 0.25) is 5.91 Å². The number of nitrogens with one attached hydrogen (secondary N) is 1. The first kappa shape index (κ1) is 14.4. The lowest BCUT2D eigenvalue weighted by molar-refractivity contribution is -0.118. The smallest absolute Gasteiger partial charge is 0.227 e. The number of hydrogen-bond donors (Lipinski definition) is 2. The first-order chi connectivity index (χ1) is 9.06. The van der Waals surface area contributed by atoms with Gasteiger partial charge in [-0.25, -0.2) is 0 Å². The molecule has 1 unspecified atom stereocenters. The molecule has 1 aromatic carbocycles. The van der Waals surface area contributed by atoms with E-state index in [1.165, 1.54) is 0 Å². The van der Waals surface area contributed by atoms with Gasteiger partial charge in [0.05, 0.1) is 18.2 Å².